The van der Waals surface area contributed by atoms with Crippen molar-refractivity contribution in [3.63, 3.8) is 0 Å². The number of aliphatic hydroxyl groups is 1. The topological polar surface area (TPSA) is 72.8 Å². The molecule has 0 aliphatic rings. The third-order valence-corrected chi connectivity index (χ3v) is 10.7. The number of carbonyl (C=O) groups excluding carboxylic acids is 2. The van der Waals surface area contributed by atoms with E-state index in [1.54, 1.807) is 0 Å². The average molecular weight is 885 g/mol. The maximum Gasteiger partial charge on any atom is 0.306 e. The molecule has 0 bridgehead atoms. The Bertz CT molecular complexity index is 1320. The van der Waals surface area contributed by atoms with E-state index in [4.69, 9.17) is 9.47 Å². The van der Waals surface area contributed by atoms with E-state index in [0.29, 0.717) is 12.8 Å². The van der Waals surface area contributed by atoms with Gasteiger partial charge in [0.05, 0.1) is 6.61 Å². The van der Waals surface area contributed by atoms with Crippen molar-refractivity contribution in [1.82, 2.24) is 0 Å². The predicted molar refractivity (Wildman–Crippen MR) is 278 cm³/mol. The zero-order valence-electron chi connectivity index (χ0n) is 41.2. The lowest BCUT2D eigenvalue weighted by Crippen LogP contribution is -2.28. The molecule has 0 aromatic rings. The highest BCUT2D eigenvalue weighted by Crippen LogP contribution is 2.14. The smallest absolute Gasteiger partial charge is 0.306 e. The molecular weight excluding hydrogens is 789 g/mol. The average Bonchev–Trinajstić information content (AvgIpc) is 3.30. The summed E-state index contributed by atoms with van der Waals surface area (Å²) in [5.41, 5.74) is 0. The lowest BCUT2D eigenvalue weighted by atomic mass is 10.0. The first-order chi connectivity index (χ1) is 31.6. The van der Waals surface area contributed by atoms with Gasteiger partial charge in [0.1, 0.15) is 6.61 Å². The highest BCUT2D eigenvalue weighted by Gasteiger charge is 2.16. The molecule has 362 valence electrons. The summed E-state index contributed by atoms with van der Waals surface area (Å²) in [6.07, 6.45) is 78.8. The molecule has 1 unspecified atom stereocenters. The van der Waals surface area contributed by atoms with Gasteiger partial charge in [-0.2, -0.15) is 0 Å². The van der Waals surface area contributed by atoms with Crippen LogP contribution in [0.4, 0.5) is 0 Å². The van der Waals surface area contributed by atoms with Crippen LogP contribution >= 0.6 is 0 Å². The Labute approximate surface area is 394 Å². The molecule has 0 aliphatic carbocycles. The van der Waals surface area contributed by atoms with Gasteiger partial charge in [-0.15, -0.1) is 0 Å². The number of hydrogen-bond acceptors (Lipinski definition) is 5. The summed E-state index contributed by atoms with van der Waals surface area (Å²) in [7, 11) is 0. The molecule has 0 amide bonds. The van der Waals surface area contributed by atoms with Crippen molar-refractivity contribution in [1.29, 1.82) is 0 Å². The Morgan fingerprint density at radius 3 is 1.03 bits per heavy atom. The summed E-state index contributed by atoms with van der Waals surface area (Å²) >= 11 is 0. The van der Waals surface area contributed by atoms with E-state index in [2.05, 4.69) is 135 Å². The number of aliphatic hydroxyl groups excluding tert-OH is 1. The van der Waals surface area contributed by atoms with Gasteiger partial charge < -0.3 is 14.6 Å². The van der Waals surface area contributed by atoms with Crippen molar-refractivity contribution in [2.45, 2.75) is 225 Å². The Hall–Kier alpha value is -3.70. The third kappa shape index (κ3) is 50.9. The third-order valence-electron chi connectivity index (χ3n) is 10.7. The Kier molecular flexibility index (Phi) is 50.5. The van der Waals surface area contributed by atoms with Crippen LogP contribution in [-0.4, -0.2) is 36.4 Å². The van der Waals surface area contributed by atoms with Crippen LogP contribution in [0.2, 0.25) is 0 Å². The first-order valence-corrected chi connectivity index (χ1v) is 26.1. The van der Waals surface area contributed by atoms with Gasteiger partial charge >= 0.3 is 11.9 Å². The Balaban J connectivity index is 3.57. The fraction of sp³-hybridized carbons (Fsp3) is 0.627. The van der Waals surface area contributed by atoms with Gasteiger partial charge in [-0.3, -0.25) is 9.59 Å². The maximum atomic E-state index is 12.2. The minimum absolute atomic E-state index is 0.0763. The summed E-state index contributed by atoms with van der Waals surface area (Å²) in [6.45, 7) is 3.96. The molecule has 1 atom stereocenters. The van der Waals surface area contributed by atoms with Crippen LogP contribution in [0.15, 0.2) is 122 Å². The van der Waals surface area contributed by atoms with E-state index in [-0.39, 0.29) is 25.2 Å². The van der Waals surface area contributed by atoms with E-state index < -0.39 is 6.10 Å². The van der Waals surface area contributed by atoms with Crippen molar-refractivity contribution >= 4 is 11.9 Å². The van der Waals surface area contributed by atoms with Crippen LogP contribution in [0.5, 0.6) is 0 Å². The summed E-state index contributed by atoms with van der Waals surface area (Å²) in [6, 6.07) is 0. The number of rotatable bonds is 46. The zero-order chi connectivity index (χ0) is 46.3. The minimum Gasteiger partial charge on any atom is -0.462 e. The van der Waals surface area contributed by atoms with Crippen LogP contribution in [0.1, 0.15) is 219 Å². The van der Waals surface area contributed by atoms with E-state index >= 15 is 0 Å². The van der Waals surface area contributed by atoms with Gasteiger partial charge in [0.25, 0.3) is 0 Å². The zero-order valence-corrected chi connectivity index (χ0v) is 41.2. The number of ether oxygens (including phenoxy) is 2. The molecule has 0 saturated heterocycles. The second kappa shape index (κ2) is 53.6. The van der Waals surface area contributed by atoms with Gasteiger partial charge in [0, 0.05) is 12.8 Å². The second-order valence-electron chi connectivity index (χ2n) is 16.9. The molecule has 0 heterocycles. The van der Waals surface area contributed by atoms with Gasteiger partial charge in [0.15, 0.2) is 6.10 Å². The van der Waals surface area contributed by atoms with Crippen LogP contribution in [0.3, 0.4) is 0 Å². The molecule has 0 saturated carbocycles. The Morgan fingerprint density at radius 1 is 0.375 bits per heavy atom. The van der Waals surface area contributed by atoms with E-state index in [0.717, 1.165) is 103 Å². The highest BCUT2D eigenvalue weighted by atomic mass is 16.6. The van der Waals surface area contributed by atoms with Gasteiger partial charge in [-0.25, -0.2) is 0 Å². The highest BCUT2D eigenvalue weighted by molar-refractivity contribution is 5.70. The molecule has 64 heavy (non-hydrogen) atoms. The number of esters is 2. The van der Waals surface area contributed by atoms with Crippen molar-refractivity contribution in [3.8, 4) is 0 Å². The monoisotopic (exact) mass is 885 g/mol. The fourth-order valence-corrected chi connectivity index (χ4v) is 6.82. The van der Waals surface area contributed by atoms with Crippen molar-refractivity contribution in [3.05, 3.63) is 122 Å². The lowest BCUT2D eigenvalue weighted by molar-refractivity contribution is -0.161. The largest absolute Gasteiger partial charge is 0.462 e. The maximum absolute atomic E-state index is 12.2. The Morgan fingerprint density at radius 2 is 0.672 bits per heavy atom. The molecule has 0 aromatic carbocycles. The van der Waals surface area contributed by atoms with E-state index in [9.17, 15) is 14.7 Å². The molecule has 0 rings (SSSR count). The summed E-state index contributed by atoms with van der Waals surface area (Å²) in [5.74, 6) is -0.612. The standard InChI is InChI=1S/C59H96O5/c1-3-5-7-9-11-13-15-16-17-18-19-20-21-22-23-24-25-26-27-28-29-30-31-32-33-34-35-36-37-38-39-40-41-42-44-46-48-50-52-54-59(62)64-57(55-60)56-63-58(61)53-51-49-47-45-43-14-12-10-8-6-4-2/h5,7,10-13,16-17,19-20,22-23,25-26,28-29,31-32,34-35,57,60H,3-4,6,8-9,14-15,18,21,24,27,30,33,36-56H2,1-2H3/b7-5-,12-10-,13-11-,17-16-,20-19-,23-22-,26-25-,29-28-,32-31-,35-34-. The summed E-state index contributed by atoms with van der Waals surface area (Å²) < 4.78 is 10.6. The molecule has 0 aromatic heterocycles. The van der Waals surface area contributed by atoms with Crippen molar-refractivity contribution in [2.24, 2.45) is 0 Å². The quantitative estimate of drug-likeness (QED) is 0.0375. The molecule has 1 N–H and O–H groups in total. The molecule has 0 aliphatic heterocycles. The van der Waals surface area contributed by atoms with Crippen LogP contribution in [-0.2, 0) is 19.1 Å². The predicted octanol–water partition coefficient (Wildman–Crippen LogP) is 17.5. The second-order valence-corrected chi connectivity index (χ2v) is 16.9. The molecule has 5 heteroatoms. The summed E-state index contributed by atoms with van der Waals surface area (Å²) in [5, 5.41) is 9.59. The number of carbonyl (C=O) groups is 2. The SMILES string of the molecule is CC/C=C\C/C=C\C/C=C\C/C=C\C/C=C\C/C=C\C/C=C\C/C=C\C/C=C\CCCCCCCCCCCCCC(=O)OC(CO)COC(=O)CCCCCCC/C=C\CCCC. The van der Waals surface area contributed by atoms with Gasteiger partial charge in [-0.1, -0.05) is 225 Å². The number of unbranched alkanes of at least 4 members (excludes halogenated alkanes) is 18. The summed E-state index contributed by atoms with van der Waals surface area (Å²) in [4.78, 5) is 24.3. The first-order valence-electron chi connectivity index (χ1n) is 26.1. The van der Waals surface area contributed by atoms with Crippen LogP contribution in [0.25, 0.3) is 0 Å². The van der Waals surface area contributed by atoms with E-state index in [1.165, 1.54) is 89.9 Å². The number of allylic oxidation sites excluding steroid dienone is 20. The molecule has 0 radical (unpaired) electrons. The molecule has 0 spiro atoms. The fourth-order valence-electron chi connectivity index (χ4n) is 6.82. The molecule has 5 nitrogen and oxygen atoms in total. The molecule has 0 fully saturated rings. The van der Waals surface area contributed by atoms with Crippen molar-refractivity contribution < 1.29 is 24.2 Å². The molecular formula is C59H96O5. The van der Waals surface area contributed by atoms with Gasteiger partial charge in [0.2, 0.25) is 0 Å². The lowest BCUT2D eigenvalue weighted by Gasteiger charge is -2.15. The van der Waals surface area contributed by atoms with Gasteiger partial charge in [-0.05, 0) is 103 Å². The minimum atomic E-state index is -0.782. The normalized spacial score (nSPS) is 13.2. The van der Waals surface area contributed by atoms with E-state index in [1.807, 2.05) is 0 Å². The first kappa shape index (κ1) is 60.3. The number of hydrogen-bond donors (Lipinski definition) is 1. The van der Waals surface area contributed by atoms with Crippen LogP contribution < -0.4 is 0 Å². The van der Waals surface area contributed by atoms with Crippen LogP contribution in [0, 0.1) is 0 Å². The van der Waals surface area contributed by atoms with Crippen molar-refractivity contribution in [2.75, 3.05) is 13.2 Å².